The quantitative estimate of drug-likeness (QED) is 0.0609. The topological polar surface area (TPSA) is 27.7 Å². The fraction of sp³-hybridized carbons (Fsp3) is 0.908. The first-order valence-electron chi connectivity index (χ1n) is 31.8. The average Bonchev–Trinajstić information content (AvgIpc) is 3.35. The smallest absolute Gasteiger partial charge is 0.203 e. The average molecular weight is 954 g/mol. The molecular weight excluding hydrogens is 829 g/mol. The summed E-state index contributed by atoms with van der Waals surface area (Å²) in [6.07, 6.45) is 72.0. The molecule has 0 aliphatic carbocycles. The maximum atomic E-state index is 6.62. The molecule has 0 unspecified atom stereocenters. The molecule has 0 bridgehead atoms. The van der Waals surface area contributed by atoms with Gasteiger partial charge in [-0.25, -0.2) is 0 Å². The molecule has 1 aromatic carbocycles. The highest BCUT2D eigenvalue weighted by molar-refractivity contribution is 5.54. The first-order valence-corrected chi connectivity index (χ1v) is 31.8. The molecule has 0 saturated carbocycles. The van der Waals surface area contributed by atoms with Gasteiger partial charge < -0.3 is 14.2 Å². The van der Waals surface area contributed by atoms with Crippen LogP contribution in [0.15, 0.2) is 12.1 Å². The third kappa shape index (κ3) is 44.6. The van der Waals surface area contributed by atoms with Crippen molar-refractivity contribution in [1.29, 1.82) is 0 Å². The van der Waals surface area contributed by atoms with Gasteiger partial charge in [0.15, 0.2) is 11.5 Å². The minimum Gasteiger partial charge on any atom is -0.490 e. The lowest BCUT2D eigenvalue weighted by molar-refractivity contribution is 0.234. The Kier molecular flexibility index (Phi) is 52.2. The molecule has 402 valence electrons. The van der Waals surface area contributed by atoms with Crippen molar-refractivity contribution < 1.29 is 14.2 Å². The van der Waals surface area contributed by atoms with E-state index in [9.17, 15) is 0 Å². The predicted octanol–water partition coefficient (Wildman–Crippen LogP) is 23.3. The third-order valence-electron chi connectivity index (χ3n) is 15.0. The SMILES string of the molecule is CCCCCCCCCCCCCCCCCCCOc1cc(CC)cc(OCCCCCCCCCCCCCCCCCCC)c1OCCCCCCCCCCCCCCCCCCC. The van der Waals surface area contributed by atoms with Crippen molar-refractivity contribution in [1.82, 2.24) is 0 Å². The van der Waals surface area contributed by atoms with Crippen molar-refractivity contribution in [2.75, 3.05) is 19.8 Å². The van der Waals surface area contributed by atoms with E-state index in [1.54, 1.807) is 0 Å². The molecule has 0 aliphatic rings. The van der Waals surface area contributed by atoms with Gasteiger partial charge in [0.05, 0.1) is 19.8 Å². The first kappa shape index (κ1) is 64.6. The Hall–Kier alpha value is -1.38. The zero-order valence-corrected chi connectivity index (χ0v) is 47.3. The van der Waals surface area contributed by atoms with Gasteiger partial charge in [-0.2, -0.15) is 0 Å². The molecule has 1 aromatic rings. The Balaban J connectivity index is 2.39. The number of hydrogen-bond acceptors (Lipinski definition) is 3. The Morgan fingerprint density at radius 3 is 0.588 bits per heavy atom. The summed E-state index contributed by atoms with van der Waals surface area (Å²) in [5, 5.41) is 0. The largest absolute Gasteiger partial charge is 0.490 e. The van der Waals surface area contributed by atoms with Crippen molar-refractivity contribution in [2.45, 2.75) is 362 Å². The summed E-state index contributed by atoms with van der Waals surface area (Å²) in [6.45, 7) is 11.4. The van der Waals surface area contributed by atoms with Crippen molar-refractivity contribution in [3.8, 4) is 17.2 Å². The normalized spacial score (nSPS) is 11.5. The zero-order chi connectivity index (χ0) is 48.7. The summed E-state index contributed by atoms with van der Waals surface area (Å²) in [6, 6.07) is 4.47. The standard InChI is InChI=1S/C65H124O3/c1-5-9-12-15-18-21-24-27-30-33-36-39-42-45-48-51-54-57-66-63-60-62(8-4)61-64(67-58-55-52-49-46-43-40-37-34-31-28-25-22-19-16-13-10-6-2)65(63)68-59-56-53-50-47-44-41-38-35-32-29-26-23-20-17-14-11-7-3/h60-61H,5-59H2,1-4H3. The molecule has 0 aromatic heterocycles. The van der Waals surface area contributed by atoms with E-state index >= 15 is 0 Å². The van der Waals surface area contributed by atoms with Crippen LogP contribution in [0.3, 0.4) is 0 Å². The second-order valence-corrected chi connectivity index (χ2v) is 21.8. The van der Waals surface area contributed by atoms with Crippen LogP contribution in [0.2, 0.25) is 0 Å². The van der Waals surface area contributed by atoms with Crippen molar-refractivity contribution in [3.63, 3.8) is 0 Å². The summed E-state index contributed by atoms with van der Waals surface area (Å²) in [4.78, 5) is 0. The minimum atomic E-state index is 0.745. The van der Waals surface area contributed by atoms with Crippen molar-refractivity contribution >= 4 is 0 Å². The molecule has 0 aliphatic heterocycles. The monoisotopic (exact) mass is 953 g/mol. The lowest BCUT2D eigenvalue weighted by atomic mass is 10.0. The van der Waals surface area contributed by atoms with E-state index in [0.717, 1.165) is 62.8 Å². The van der Waals surface area contributed by atoms with E-state index in [1.807, 2.05) is 0 Å². The van der Waals surface area contributed by atoms with Crippen LogP contribution in [0.1, 0.15) is 361 Å². The summed E-state index contributed by atoms with van der Waals surface area (Å²) in [5.41, 5.74) is 1.28. The van der Waals surface area contributed by atoms with Gasteiger partial charge in [-0.1, -0.05) is 336 Å². The Bertz CT molecular complexity index is 1040. The van der Waals surface area contributed by atoms with Crippen LogP contribution in [0.5, 0.6) is 17.2 Å². The molecule has 0 heterocycles. The Morgan fingerprint density at radius 2 is 0.397 bits per heavy atom. The van der Waals surface area contributed by atoms with Crippen LogP contribution in [-0.4, -0.2) is 19.8 Å². The number of aryl methyl sites for hydroxylation is 1. The zero-order valence-electron chi connectivity index (χ0n) is 47.3. The van der Waals surface area contributed by atoms with Gasteiger partial charge in [-0.15, -0.1) is 0 Å². The van der Waals surface area contributed by atoms with Crippen molar-refractivity contribution in [2.24, 2.45) is 0 Å². The fourth-order valence-electron chi connectivity index (χ4n) is 10.2. The van der Waals surface area contributed by atoms with E-state index in [-0.39, 0.29) is 0 Å². The van der Waals surface area contributed by atoms with Gasteiger partial charge in [0.25, 0.3) is 0 Å². The first-order chi connectivity index (χ1) is 33.8. The highest BCUT2D eigenvalue weighted by Crippen LogP contribution is 2.40. The summed E-state index contributed by atoms with van der Waals surface area (Å²) < 4.78 is 19.8. The van der Waals surface area contributed by atoms with Crippen LogP contribution >= 0.6 is 0 Å². The maximum absolute atomic E-state index is 6.62. The molecule has 0 fully saturated rings. The fourth-order valence-corrected chi connectivity index (χ4v) is 10.2. The molecule has 0 saturated heterocycles. The molecule has 3 nitrogen and oxygen atoms in total. The summed E-state index contributed by atoms with van der Waals surface area (Å²) >= 11 is 0. The lowest BCUT2D eigenvalue weighted by Gasteiger charge is -2.19. The van der Waals surface area contributed by atoms with Crippen LogP contribution in [0.25, 0.3) is 0 Å². The molecule has 0 spiro atoms. The van der Waals surface area contributed by atoms with E-state index < -0.39 is 0 Å². The van der Waals surface area contributed by atoms with Crippen LogP contribution < -0.4 is 14.2 Å². The van der Waals surface area contributed by atoms with Crippen LogP contribution in [0, 0.1) is 0 Å². The van der Waals surface area contributed by atoms with Gasteiger partial charge in [0.1, 0.15) is 0 Å². The minimum absolute atomic E-state index is 0.745. The number of rotatable bonds is 58. The molecule has 0 atom stereocenters. The molecule has 0 amide bonds. The number of hydrogen-bond donors (Lipinski definition) is 0. The highest BCUT2D eigenvalue weighted by Gasteiger charge is 2.16. The second-order valence-electron chi connectivity index (χ2n) is 21.8. The molecular formula is C65H124O3. The summed E-state index contributed by atoms with van der Waals surface area (Å²) in [5.74, 6) is 2.67. The predicted molar refractivity (Wildman–Crippen MR) is 305 cm³/mol. The van der Waals surface area contributed by atoms with Crippen LogP contribution in [0.4, 0.5) is 0 Å². The molecule has 0 N–H and O–H groups in total. The summed E-state index contributed by atoms with van der Waals surface area (Å²) in [7, 11) is 0. The lowest BCUT2D eigenvalue weighted by Crippen LogP contribution is -2.07. The Morgan fingerprint density at radius 1 is 0.221 bits per heavy atom. The highest BCUT2D eigenvalue weighted by atomic mass is 16.5. The van der Waals surface area contributed by atoms with E-state index in [0.29, 0.717) is 0 Å². The molecule has 0 radical (unpaired) electrons. The molecule has 68 heavy (non-hydrogen) atoms. The van der Waals surface area contributed by atoms with E-state index in [4.69, 9.17) is 14.2 Å². The van der Waals surface area contributed by atoms with Gasteiger partial charge in [0.2, 0.25) is 5.75 Å². The van der Waals surface area contributed by atoms with Gasteiger partial charge in [-0.3, -0.25) is 0 Å². The Labute approximate surface area is 428 Å². The van der Waals surface area contributed by atoms with E-state index in [1.165, 1.54) is 314 Å². The van der Waals surface area contributed by atoms with E-state index in [2.05, 4.69) is 39.8 Å². The van der Waals surface area contributed by atoms with Crippen molar-refractivity contribution in [3.05, 3.63) is 17.7 Å². The maximum Gasteiger partial charge on any atom is 0.203 e. The third-order valence-corrected chi connectivity index (χ3v) is 15.0. The molecule has 3 heteroatoms. The van der Waals surface area contributed by atoms with Gasteiger partial charge >= 0.3 is 0 Å². The number of benzene rings is 1. The van der Waals surface area contributed by atoms with Crippen LogP contribution in [-0.2, 0) is 6.42 Å². The number of unbranched alkanes of at least 4 members (excludes halogenated alkanes) is 48. The van der Waals surface area contributed by atoms with Gasteiger partial charge in [0, 0.05) is 0 Å². The second kappa shape index (κ2) is 54.9. The number of ether oxygens (including phenoxy) is 3. The molecule has 1 rings (SSSR count). The van der Waals surface area contributed by atoms with Gasteiger partial charge in [-0.05, 0) is 43.4 Å².